The van der Waals surface area contributed by atoms with Crippen molar-refractivity contribution in [3.8, 4) is 17.2 Å². The van der Waals surface area contributed by atoms with Gasteiger partial charge in [-0.25, -0.2) is 10.2 Å². The van der Waals surface area contributed by atoms with E-state index in [1.54, 1.807) is 49.4 Å². The van der Waals surface area contributed by atoms with Gasteiger partial charge in [0.2, 0.25) is 0 Å². The molecule has 0 heterocycles. The molecule has 3 rings (SSSR count). The largest absolute Gasteiger partial charge is 0.490 e. The van der Waals surface area contributed by atoms with Crippen LogP contribution in [0.4, 0.5) is 5.69 Å². The second-order valence-electron chi connectivity index (χ2n) is 6.99. The summed E-state index contributed by atoms with van der Waals surface area (Å²) < 4.78 is 17.6. The number of non-ortho nitro benzene ring substituents is 1. The summed E-state index contributed by atoms with van der Waals surface area (Å²) >= 11 is 6.49. The molecule has 186 valence electrons. The van der Waals surface area contributed by atoms with Gasteiger partial charge in [-0.05, 0) is 76.9 Å². The fraction of sp³-hybridized carbons (Fsp3) is 0.125. The van der Waals surface area contributed by atoms with Crippen molar-refractivity contribution in [1.82, 2.24) is 5.43 Å². The van der Waals surface area contributed by atoms with E-state index in [1.807, 2.05) is 0 Å². The first-order chi connectivity index (χ1) is 17.3. The third-order valence-corrected chi connectivity index (χ3v) is 5.59. The Kier molecular flexibility index (Phi) is 9.53. The van der Waals surface area contributed by atoms with Crippen molar-refractivity contribution < 1.29 is 28.7 Å². The fourth-order valence-electron chi connectivity index (χ4n) is 2.78. The lowest BCUT2D eigenvalue weighted by Gasteiger charge is -2.11. The normalized spacial score (nSPS) is 10.6. The van der Waals surface area contributed by atoms with Crippen LogP contribution in [0.2, 0.25) is 0 Å². The van der Waals surface area contributed by atoms with Crippen LogP contribution in [0.25, 0.3) is 0 Å². The highest BCUT2D eigenvalue weighted by Crippen LogP contribution is 2.30. The van der Waals surface area contributed by atoms with E-state index in [9.17, 15) is 19.7 Å². The maximum Gasteiger partial charge on any atom is 0.343 e. The van der Waals surface area contributed by atoms with Gasteiger partial charge in [0.25, 0.3) is 11.6 Å². The van der Waals surface area contributed by atoms with Crippen molar-refractivity contribution in [2.75, 3.05) is 13.2 Å². The maximum absolute atomic E-state index is 12.4. The Hall–Kier alpha value is -3.77. The lowest BCUT2D eigenvalue weighted by atomic mass is 10.2. The zero-order valence-corrected chi connectivity index (χ0v) is 21.9. The predicted octanol–water partition coefficient (Wildman–Crippen LogP) is 5.27. The minimum atomic E-state index is -0.540. The van der Waals surface area contributed by atoms with E-state index in [0.717, 1.165) is 4.47 Å². The van der Waals surface area contributed by atoms with E-state index >= 15 is 0 Å². The third-order valence-electron chi connectivity index (χ3n) is 4.44. The molecule has 3 aromatic carbocycles. The van der Waals surface area contributed by atoms with Gasteiger partial charge < -0.3 is 14.2 Å². The van der Waals surface area contributed by atoms with E-state index in [2.05, 4.69) is 42.4 Å². The molecule has 1 N–H and O–H groups in total. The number of nitrogens with zero attached hydrogens (tertiary/aromatic N) is 2. The zero-order valence-electron chi connectivity index (χ0n) is 18.8. The number of nitro groups is 1. The Labute approximate surface area is 222 Å². The van der Waals surface area contributed by atoms with Gasteiger partial charge in [-0.1, -0.05) is 15.9 Å². The molecule has 12 heteroatoms. The molecule has 0 spiro atoms. The number of benzene rings is 3. The SMILES string of the molecule is CCOc1cc(/C=N\NC(=O)COc2ccc([N+](=O)[O-])cc2Br)ccc1OC(=O)c1ccc(Br)cc1. The van der Waals surface area contributed by atoms with Crippen LogP contribution in [0.5, 0.6) is 17.2 Å². The highest BCUT2D eigenvalue weighted by Gasteiger charge is 2.14. The molecule has 1 amide bonds. The number of hydrogen-bond acceptors (Lipinski definition) is 8. The Morgan fingerprint density at radius 2 is 1.72 bits per heavy atom. The molecule has 0 aliphatic heterocycles. The lowest BCUT2D eigenvalue weighted by molar-refractivity contribution is -0.385. The molecule has 10 nitrogen and oxygen atoms in total. The first-order valence-corrected chi connectivity index (χ1v) is 12.0. The molecule has 0 saturated carbocycles. The summed E-state index contributed by atoms with van der Waals surface area (Å²) in [5.74, 6) is -0.217. The maximum atomic E-state index is 12.4. The monoisotopic (exact) mass is 619 g/mol. The smallest absolute Gasteiger partial charge is 0.343 e. The number of carbonyl (C=O) groups is 2. The Morgan fingerprint density at radius 1 is 1.00 bits per heavy atom. The topological polar surface area (TPSA) is 129 Å². The van der Waals surface area contributed by atoms with Crippen LogP contribution in [0.15, 0.2) is 74.7 Å². The van der Waals surface area contributed by atoms with Crippen LogP contribution in [-0.4, -0.2) is 36.2 Å². The van der Waals surface area contributed by atoms with E-state index in [-0.39, 0.29) is 23.8 Å². The molecule has 0 aromatic heterocycles. The van der Waals surface area contributed by atoms with Crippen LogP contribution in [0.1, 0.15) is 22.8 Å². The van der Waals surface area contributed by atoms with E-state index in [4.69, 9.17) is 14.2 Å². The van der Waals surface area contributed by atoms with Crippen molar-refractivity contribution in [3.05, 3.63) is 90.9 Å². The number of amides is 1. The van der Waals surface area contributed by atoms with Crippen molar-refractivity contribution in [1.29, 1.82) is 0 Å². The van der Waals surface area contributed by atoms with Crippen LogP contribution in [-0.2, 0) is 4.79 Å². The Bertz CT molecular complexity index is 1300. The molecule has 0 aliphatic rings. The highest BCUT2D eigenvalue weighted by atomic mass is 79.9. The minimum absolute atomic E-state index is 0.108. The number of hydrogen-bond donors (Lipinski definition) is 1. The standard InChI is InChI=1S/C24H19Br2N3O7/c1-2-34-22-11-15(3-9-21(22)36-24(31)16-4-6-17(25)7-5-16)13-27-28-23(30)14-35-20-10-8-18(29(32)33)12-19(20)26/h3-13H,2,14H2,1H3,(H,28,30)/b27-13-. The summed E-state index contributed by atoms with van der Waals surface area (Å²) in [6.07, 6.45) is 1.39. The second kappa shape index (κ2) is 12.8. The molecule has 3 aromatic rings. The minimum Gasteiger partial charge on any atom is -0.490 e. The van der Waals surface area contributed by atoms with E-state index in [1.165, 1.54) is 24.4 Å². The van der Waals surface area contributed by atoms with Gasteiger partial charge in [-0.2, -0.15) is 5.10 Å². The summed E-state index contributed by atoms with van der Waals surface area (Å²) in [5, 5.41) is 14.7. The number of carbonyl (C=O) groups excluding carboxylic acids is 2. The van der Waals surface area contributed by atoms with Gasteiger partial charge in [0.15, 0.2) is 18.1 Å². The van der Waals surface area contributed by atoms with Crippen LogP contribution in [0.3, 0.4) is 0 Å². The molecule has 0 bridgehead atoms. The van der Waals surface area contributed by atoms with Gasteiger partial charge in [0, 0.05) is 16.6 Å². The molecule has 0 aliphatic carbocycles. The highest BCUT2D eigenvalue weighted by molar-refractivity contribution is 9.10. The fourth-order valence-corrected chi connectivity index (χ4v) is 3.52. The number of rotatable bonds is 10. The number of halogens is 2. The summed E-state index contributed by atoms with van der Waals surface area (Å²) in [7, 11) is 0. The van der Waals surface area contributed by atoms with Crippen LogP contribution < -0.4 is 19.6 Å². The van der Waals surface area contributed by atoms with Crippen LogP contribution >= 0.6 is 31.9 Å². The number of esters is 1. The first-order valence-electron chi connectivity index (χ1n) is 10.4. The molecule has 0 radical (unpaired) electrons. The van der Waals surface area contributed by atoms with Crippen molar-refractivity contribution in [3.63, 3.8) is 0 Å². The van der Waals surface area contributed by atoms with Gasteiger partial charge >= 0.3 is 5.97 Å². The quantitative estimate of drug-likeness (QED) is 0.107. The van der Waals surface area contributed by atoms with Gasteiger partial charge in [0.1, 0.15) is 5.75 Å². The second-order valence-corrected chi connectivity index (χ2v) is 8.76. The van der Waals surface area contributed by atoms with Gasteiger partial charge in [-0.15, -0.1) is 0 Å². The number of ether oxygens (including phenoxy) is 3. The summed E-state index contributed by atoms with van der Waals surface area (Å²) in [4.78, 5) is 34.7. The summed E-state index contributed by atoms with van der Waals surface area (Å²) in [6.45, 7) is 1.78. The lowest BCUT2D eigenvalue weighted by Crippen LogP contribution is -2.24. The first kappa shape index (κ1) is 26.8. The summed E-state index contributed by atoms with van der Waals surface area (Å²) in [6, 6.07) is 15.5. The van der Waals surface area contributed by atoms with Crippen molar-refractivity contribution in [2.24, 2.45) is 5.10 Å². The average molecular weight is 621 g/mol. The molecular weight excluding hydrogens is 602 g/mol. The van der Waals surface area contributed by atoms with Crippen molar-refractivity contribution >= 4 is 55.6 Å². The van der Waals surface area contributed by atoms with Gasteiger partial charge in [-0.3, -0.25) is 14.9 Å². The predicted molar refractivity (Wildman–Crippen MR) is 139 cm³/mol. The van der Waals surface area contributed by atoms with Crippen LogP contribution in [0, 0.1) is 10.1 Å². The molecule has 0 fully saturated rings. The molecule has 0 unspecified atom stereocenters. The van der Waals surface area contributed by atoms with Gasteiger partial charge in [0.05, 0.1) is 27.8 Å². The number of nitro benzene ring substituents is 1. The Balaban J connectivity index is 1.58. The zero-order chi connectivity index (χ0) is 26.1. The third kappa shape index (κ3) is 7.62. The molecular formula is C24H19Br2N3O7. The van der Waals surface area contributed by atoms with E-state index in [0.29, 0.717) is 28.0 Å². The number of nitrogens with one attached hydrogen (secondary N) is 1. The van der Waals surface area contributed by atoms with Crippen molar-refractivity contribution in [2.45, 2.75) is 6.92 Å². The summed E-state index contributed by atoms with van der Waals surface area (Å²) in [5.41, 5.74) is 3.19. The molecule has 0 saturated heterocycles. The average Bonchev–Trinajstić information content (AvgIpc) is 2.85. The van der Waals surface area contributed by atoms with E-state index < -0.39 is 16.8 Å². The molecule has 36 heavy (non-hydrogen) atoms. The Morgan fingerprint density at radius 3 is 2.39 bits per heavy atom. The number of hydrazone groups is 1. The molecule has 0 atom stereocenters.